The number of aliphatic hydroxyl groups is 1. The van der Waals surface area contributed by atoms with Crippen LogP contribution in [-0.2, 0) is 81.0 Å². The summed E-state index contributed by atoms with van der Waals surface area (Å²) in [4.78, 5) is 89.3. The molecule has 66 heavy (non-hydrogen) atoms. The first kappa shape index (κ1) is 51.4. The lowest BCUT2D eigenvalue weighted by Crippen LogP contribution is -2.57. The molecule has 8 bridgehead atoms. The van der Waals surface area contributed by atoms with E-state index in [0.717, 1.165) is 25.7 Å². The van der Waals surface area contributed by atoms with Crippen molar-refractivity contribution in [3.63, 3.8) is 0 Å². The average Bonchev–Trinajstić information content (AvgIpc) is 3.71. The van der Waals surface area contributed by atoms with Crippen molar-refractivity contribution >= 4 is 42.0 Å². The zero-order chi connectivity index (χ0) is 49.0. The number of carbonyl (C=O) groups excluding carboxylic acids is 8. The van der Waals surface area contributed by atoms with Crippen LogP contribution >= 0.6 is 0 Å². The van der Waals surface area contributed by atoms with E-state index in [9.17, 15) is 33.9 Å². The second kappa shape index (κ2) is 18.5. The van der Waals surface area contributed by atoms with Gasteiger partial charge in [0.1, 0.15) is 29.5 Å². The second-order valence-corrected chi connectivity index (χ2v) is 22.4. The van der Waals surface area contributed by atoms with Gasteiger partial charge in [-0.3, -0.25) is 24.0 Å². The van der Waals surface area contributed by atoms with Crippen LogP contribution in [0.15, 0.2) is 0 Å². The Morgan fingerprint density at radius 1 is 0.636 bits per heavy atom. The SMILES string of the molecule is CCC(C)(C)C(=O)OC12CC3CC(C1)OC(=O)C(C3)C2.CCC(C)(C)C(=O)OC12CC3CC(O)(CC(C1)C(=O)O3)C2.CCC(C)(C)C(=O)OC1C(=O)OC2C3OC(C)(C)OC3OC12.O=C=O. The Morgan fingerprint density at radius 2 is 1.17 bits per heavy atom. The topological polar surface area (TPSA) is 240 Å². The van der Waals surface area contributed by atoms with E-state index in [1.54, 1.807) is 27.7 Å². The van der Waals surface area contributed by atoms with E-state index in [2.05, 4.69) is 0 Å². The zero-order valence-corrected chi connectivity index (χ0v) is 40.4. The molecule has 0 radical (unpaired) electrons. The number of carbonyl (C=O) groups is 6. The fourth-order valence-corrected chi connectivity index (χ4v) is 10.8. The van der Waals surface area contributed by atoms with Gasteiger partial charge in [0.05, 0.1) is 33.7 Å². The first-order valence-electron chi connectivity index (χ1n) is 23.6. The van der Waals surface area contributed by atoms with E-state index < -0.39 is 81.5 Å². The lowest BCUT2D eigenvalue weighted by atomic mass is 9.62. The molecule has 0 aromatic carbocycles. The number of fused-ring (bicyclic) bond motifs is 5. The molecule has 7 saturated heterocycles. The van der Waals surface area contributed by atoms with Crippen LogP contribution in [0.1, 0.15) is 160 Å². The summed E-state index contributed by atoms with van der Waals surface area (Å²) in [5.74, 6) is -2.48. The van der Waals surface area contributed by atoms with E-state index in [4.69, 9.17) is 52.2 Å². The van der Waals surface area contributed by atoms with Crippen molar-refractivity contribution in [1.82, 2.24) is 0 Å². The van der Waals surface area contributed by atoms with Gasteiger partial charge in [-0.25, -0.2) is 4.79 Å². The summed E-state index contributed by atoms with van der Waals surface area (Å²) >= 11 is 0. The third kappa shape index (κ3) is 10.7. The maximum atomic E-state index is 12.4. The molecule has 11 rings (SSSR count). The van der Waals surface area contributed by atoms with Gasteiger partial charge in [0.15, 0.2) is 24.3 Å². The van der Waals surface area contributed by atoms with E-state index >= 15 is 0 Å². The number of hydrogen-bond acceptors (Lipinski definition) is 18. The minimum atomic E-state index is -1.07. The third-order valence-corrected chi connectivity index (χ3v) is 15.4. The molecule has 0 aromatic heterocycles. The summed E-state index contributed by atoms with van der Waals surface area (Å²) in [6.45, 7) is 20.5. The smallest absolute Gasteiger partial charge is 0.373 e. The number of rotatable bonds is 9. The van der Waals surface area contributed by atoms with Crippen LogP contribution in [0.2, 0.25) is 0 Å². The van der Waals surface area contributed by atoms with Gasteiger partial charge in [0.2, 0.25) is 6.10 Å². The summed E-state index contributed by atoms with van der Waals surface area (Å²) in [7, 11) is 0. The molecule has 18 nitrogen and oxygen atoms in total. The number of esters is 6. The van der Waals surface area contributed by atoms with Crippen molar-refractivity contribution in [2.24, 2.45) is 34.0 Å². The maximum Gasteiger partial charge on any atom is 0.373 e. The molecule has 11 fully saturated rings. The van der Waals surface area contributed by atoms with Gasteiger partial charge in [0, 0.05) is 38.5 Å². The summed E-state index contributed by atoms with van der Waals surface area (Å²) in [6.07, 6.45) is 4.88. The molecule has 4 saturated carbocycles. The molecule has 7 heterocycles. The standard InChI is InChI=1S/C16H24O5.C16H24O4.C15H22O7.CO2/c1-4-14(2,3)13(18)21-16-6-10-5-15(19,9-16)7-11(8-16)20-12(10)17;1-4-15(2,3)14(18)20-16-7-10-5-11(8-16)13(17)19-12(6-10)9-16;1-6-14(2,3)13(17)20-9-7-8(18-11(9)16)10-12(19-7)22-15(4,5)21-10;2-1-3/h10-11,19H,4-9H2,1-3H3;10-12H,4-9H2,1-3H3;7-10,12H,6H2,1-5H3;. The minimum absolute atomic E-state index is 0.0497. The van der Waals surface area contributed by atoms with Gasteiger partial charge in [-0.1, -0.05) is 20.8 Å². The van der Waals surface area contributed by atoms with E-state index in [1.807, 2.05) is 48.5 Å². The van der Waals surface area contributed by atoms with E-state index in [0.29, 0.717) is 63.7 Å². The normalized spacial score (nSPS) is 38.4. The first-order valence-corrected chi connectivity index (χ1v) is 23.6. The highest BCUT2D eigenvalue weighted by atomic mass is 16.9. The van der Waals surface area contributed by atoms with Crippen molar-refractivity contribution in [2.45, 2.75) is 225 Å². The van der Waals surface area contributed by atoms with Crippen molar-refractivity contribution in [1.29, 1.82) is 0 Å². The molecule has 0 spiro atoms. The summed E-state index contributed by atoms with van der Waals surface area (Å²) < 4.78 is 50.5. The summed E-state index contributed by atoms with van der Waals surface area (Å²) in [5.41, 5.74) is -3.80. The van der Waals surface area contributed by atoms with Crippen LogP contribution in [0.25, 0.3) is 0 Å². The van der Waals surface area contributed by atoms with Gasteiger partial charge in [-0.05, 0) is 106 Å². The fraction of sp³-hybridized carbons (Fsp3) is 0.854. The Labute approximate surface area is 386 Å². The van der Waals surface area contributed by atoms with Gasteiger partial charge >= 0.3 is 42.0 Å². The number of ether oxygens (including phenoxy) is 9. The predicted octanol–water partition coefficient (Wildman–Crippen LogP) is 5.35. The molecule has 4 aliphatic carbocycles. The lowest BCUT2D eigenvalue weighted by molar-refractivity contribution is -0.217. The average molecular weight is 935 g/mol. The largest absolute Gasteiger partial charge is 0.462 e. The van der Waals surface area contributed by atoms with Crippen LogP contribution < -0.4 is 0 Å². The highest BCUT2D eigenvalue weighted by Gasteiger charge is 2.65. The maximum absolute atomic E-state index is 12.4. The second-order valence-electron chi connectivity index (χ2n) is 22.4. The van der Waals surface area contributed by atoms with E-state index in [1.165, 1.54) is 0 Å². The molecule has 0 aromatic rings. The summed E-state index contributed by atoms with van der Waals surface area (Å²) in [6, 6.07) is 0. The van der Waals surface area contributed by atoms with Gasteiger partial charge < -0.3 is 47.7 Å². The molecule has 18 heteroatoms. The van der Waals surface area contributed by atoms with Crippen molar-refractivity contribution in [3.8, 4) is 0 Å². The highest BCUT2D eigenvalue weighted by Crippen LogP contribution is 2.55. The Balaban J connectivity index is 0.000000159. The predicted molar refractivity (Wildman–Crippen MR) is 225 cm³/mol. The van der Waals surface area contributed by atoms with Crippen molar-refractivity contribution in [3.05, 3.63) is 0 Å². The summed E-state index contributed by atoms with van der Waals surface area (Å²) in [5, 5.41) is 10.7. The lowest BCUT2D eigenvalue weighted by Gasteiger charge is -2.50. The van der Waals surface area contributed by atoms with Crippen LogP contribution in [0, 0.1) is 34.0 Å². The monoisotopic (exact) mass is 934 g/mol. The number of hydrogen-bond donors (Lipinski definition) is 1. The van der Waals surface area contributed by atoms with Gasteiger partial charge in [-0.15, -0.1) is 0 Å². The van der Waals surface area contributed by atoms with Crippen molar-refractivity contribution < 1.29 is 86.1 Å². The molecule has 11 aliphatic rings. The minimum Gasteiger partial charge on any atom is -0.462 e. The molecule has 0 amide bonds. The zero-order valence-electron chi connectivity index (χ0n) is 40.4. The van der Waals surface area contributed by atoms with Gasteiger partial charge in [-0.2, -0.15) is 9.59 Å². The Bertz CT molecular complexity index is 1930. The van der Waals surface area contributed by atoms with Crippen LogP contribution in [0.3, 0.4) is 0 Å². The van der Waals surface area contributed by atoms with Crippen LogP contribution in [0.4, 0.5) is 0 Å². The van der Waals surface area contributed by atoms with Crippen LogP contribution in [-0.4, -0.2) is 113 Å². The Kier molecular flexibility index (Phi) is 14.4. The molecular weight excluding hydrogens is 865 g/mol. The Morgan fingerprint density at radius 3 is 1.77 bits per heavy atom. The molecule has 7 aliphatic heterocycles. The third-order valence-electron chi connectivity index (χ3n) is 15.4. The molecular formula is C48H70O18. The highest BCUT2D eigenvalue weighted by molar-refractivity contribution is 5.84. The van der Waals surface area contributed by atoms with Crippen LogP contribution in [0.5, 0.6) is 0 Å². The molecule has 13 atom stereocenters. The molecule has 370 valence electrons. The first-order chi connectivity index (χ1) is 30.6. The quantitative estimate of drug-likeness (QED) is 0.226. The van der Waals surface area contributed by atoms with Crippen molar-refractivity contribution in [2.75, 3.05) is 0 Å². The fourth-order valence-electron chi connectivity index (χ4n) is 10.8. The Hall–Kier alpha value is -3.96. The van der Waals surface area contributed by atoms with E-state index in [-0.39, 0.29) is 54.1 Å². The molecule has 13 unspecified atom stereocenters. The molecule has 1 N–H and O–H groups in total. The van der Waals surface area contributed by atoms with Gasteiger partial charge in [0.25, 0.3) is 0 Å².